The van der Waals surface area contributed by atoms with Crippen LogP contribution in [0.4, 0.5) is 5.69 Å². The van der Waals surface area contributed by atoms with E-state index >= 15 is 0 Å². The van der Waals surface area contributed by atoms with Crippen molar-refractivity contribution in [2.24, 2.45) is 0 Å². The molecule has 3 nitrogen and oxygen atoms in total. The third kappa shape index (κ3) is 2.52. The van der Waals surface area contributed by atoms with Crippen molar-refractivity contribution in [1.29, 1.82) is 5.26 Å². The fraction of sp³-hybridized carbons (Fsp3) is 0. The average Bonchev–Trinajstić information content (AvgIpc) is 2.85. The highest BCUT2D eigenvalue weighted by Gasteiger charge is 2.20. The molecule has 5 heteroatoms. The second kappa shape index (κ2) is 5.84. The monoisotopic (exact) mass is 403 g/mol. The summed E-state index contributed by atoms with van der Waals surface area (Å²) in [6.07, 6.45) is 3.50. The largest absolute Gasteiger partial charge is 0.396 e. The van der Waals surface area contributed by atoms with E-state index in [9.17, 15) is 5.26 Å². The SMILES string of the molecule is N#Cc1sc(-c2ccccc2I)c(-c2cccnc2)c1N. The van der Waals surface area contributed by atoms with Gasteiger partial charge in [0.2, 0.25) is 0 Å². The number of nitrogens with zero attached hydrogens (tertiary/aromatic N) is 2. The highest BCUT2D eigenvalue weighted by Crippen LogP contribution is 2.45. The molecule has 0 amide bonds. The summed E-state index contributed by atoms with van der Waals surface area (Å²) in [4.78, 5) is 5.72. The quantitative estimate of drug-likeness (QED) is 0.640. The summed E-state index contributed by atoms with van der Waals surface area (Å²) in [7, 11) is 0. The first-order chi connectivity index (χ1) is 10.2. The van der Waals surface area contributed by atoms with Gasteiger partial charge in [-0.2, -0.15) is 5.26 Å². The molecule has 21 heavy (non-hydrogen) atoms. The minimum atomic E-state index is 0.533. The van der Waals surface area contributed by atoms with E-state index in [2.05, 4.69) is 33.6 Å². The lowest BCUT2D eigenvalue weighted by Gasteiger charge is -2.07. The van der Waals surface area contributed by atoms with Gasteiger partial charge in [-0.15, -0.1) is 11.3 Å². The number of pyridine rings is 1. The maximum Gasteiger partial charge on any atom is 0.129 e. The Morgan fingerprint density at radius 2 is 2.00 bits per heavy atom. The van der Waals surface area contributed by atoms with Gasteiger partial charge in [0.05, 0.1) is 5.69 Å². The summed E-state index contributed by atoms with van der Waals surface area (Å²) in [5.41, 5.74) is 9.65. The molecule has 102 valence electrons. The number of nitriles is 1. The second-order valence-electron chi connectivity index (χ2n) is 4.38. The number of aromatic nitrogens is 1. The number of thiophene rings is 1. The van der Waals surface area contributed by atoms with Crippen LogP contribution in [0, 0.1) is 14.9 Å². The van der Waals surface area contributed by atoms with Crippen LogP contribution in [0.25, 0.3) is 21.6 Å². The molecule has 0 aliphatic carbocycles. The molecule has 0 atom stereocenters. The Kier molecular flexibility index (Phi) is 3.90. The summed E-state index contributed by atoms with van der Waals surface area (Å²) < 4.78 is 1.13. The number of hydrogen-bond donors (Lipinski definition) is 1. The standard InChI is InChI=1S/C16H10IN3S/c17-12-6-2-1-5-11(12)16-14(10-4-3-7-20-9-10)15(19)13(8-18)21-16/h1-7,9H,19H2. The zero-order chi connectivity index (χ0) is 14.8. The highest BCUT2D eigenvalue weighted by atomic mass is 127. The molecular formula is C16H10IN3S. The van der Waals surface area contributed by atoms with Gasteiger partial charge in [0.25, 0.3) is 0 Å². The molecule has 2 aromatic heterocycles. The minimum Gasteiger partial charge on any atom is -0.396 e. The molecule has 0 saturated carbocycles. The predicted octanol–water partition coefficient (Wildman–Crippen LogP) is 4.54. The van der Waals surface area contributed by atoms with Crippen LogP contribution in [0.3, 0.4) is 0 Å². The molecule has 0 saturated heterocycles. The molecule has 0 aliphatic heterocycles. The number of anilines is 1. The molecule has 0 bridgehead atoms. The van der Waals surface area contributed by atoms with E-state index in [1.807, 2.05) is 36.4 Å². The molecule has 0 spiro atoms. The molecule has 0 fully saturated rings. The fourth-order valence-electron chi connectivity index (χ4n) is 2.16. The highest BCUT2D eigenvalue weighted by molar-refractivity contribution is 14.1. The van der Waals surface area contributed by atoms with Crippen molar-refractivity contribution in [3.05, 3.63) is 57.2 Å². The lowest BCUT2D eigenvalue weighted by atomic mass is 10.0. The van der Waals surface area contributed by atoms with E-state index in [1.165, 1.54) is 11.3 Å². The number of nitrogen functional groups attached to an aromatic ring is 1. The van der Waals surface area contributed by atoms with E-state index in [0.717, 1.165) is 25.1 Å². The number of halogens is 1. The van der Waals surface area contributed by atoms with Crippen molar-refractivity contribution in [3.63, 3.8) is 0 Å². The predicted molar refractivity (Wildman–Crippen MR) is 94.8 cm³/mol. The number of rotatable bonds is 2. The van der Waals surface area contributed by atoms with Gasteiger partial charge in [0, 0.05) is 37.5 Å². The van der Waals surface area contributed by atoms with E-state index in [0.29, 0.717) is 10.6 Å². The van der Waals surface area contributed by atoms with Gasteiger partial charge in [-0.25, -0.2) is 0 Å². The van der Waals surface area contributed by atoms with Crippen LogP contribution in [-0.4, -0.2) is 4.98 Å². The van der Waals surface area contributed by atoms with Crippen LogP contribution < -0.4 is 5.73 Å². The molecule has 3 aromatic rings. The van der Waals surface area contributed by atoms with Crippen molar-refractivity contribution < 1.29 is 0 Å². The average molecular weight is 403 g/mol. The lowest BCUT2D eigenvalue weighted by molar-refractivity contribution is 1.33. The first-order valence-corrected chi connectivity index (χ1v) is 8.09. The Hall–Kier alpha value is -1.91. The maximum atomic E-state index is 9.28. The maximum absolute atomic E-state index is 9.28. The molecule has 0 aliphatic rings. The zero-order valence-electron chi connectivity index (χ0n) is 10.9. The van der Waals surface area contributed by atoms with Crippen molar-refractivity contribution >= 4 is 39.6 Å². The third-order valence-corrected chi connectivity index (χ3v) is 5.20. The van der Waals surface area contributed by atoms with Crippen molar-refractivity contribution in [2.75, 3.05) is 5.73 Å². The smallest absolute Gasteiger partial charge is 0.129 e. The van der Waals surface area contributed by atoms with Crippen molar-refractivity contribution in [3.8, 4) is 27.6 Å². The Morgan fingerprint density at radius 3 is 2.67 bits per heavy atom. The topological polar surface area (TPSA) is 62.7 Å². The van der Waals surface area contributed by atoms with Gasteiger partial charge < -0.3 is 5.73 Å². The Labute approximate surface area is 140 Å². The minimum absolute atomic E-state index is 0.533. The van der Waals surface area contributed by atoms with Crippen LogP contribution in [-0.2, 0) is 0 Å². The van der Waals surface area contributed by atoms with Gasteiger partial charge in [-0.05, 0) is 34.7 Å². The lowest BCUT2D eigenvalue weighted by Crippen LogP contribution is -1.90. The summed E-state index contributed by atoms with van der Waals surface area (Å²) in [6.45, 7) is 0. The van der Waals surface area contributed by atoms with Crippen molar-refractivity contribution in [1.82, 2.24) is 4.98 Å². The molecule has 3 rings (SSSR count). The van der Waals surface area contributed by atoms with E-state index in [4.69, 9.17) is 5.73 Å². The Bertz CT molecular complexity index is 834. The van der Waals surface area contributed by atoms with Gasteiger partial charge in [0.1, 0.15) is 10.9 Å². The fourth-order valence-corrected chi connectivity index (χ4v) is 4.08. The Morgan fingerprint density at radius 1 is 1.19 bits per heavy atom. The van der Waals surface area contributed by atoms with Crippen LogP contribution in [0.15, 0.2) is 48.8 Å². The van der Waals surface area contributed by atoms with E-state index < -0.39 is 0 Å². The summed E-state index contributed by atoms with van der Waals surface area (Å²) in [5.74, 6) is 0. The Balaban J connectivity index is 2.32. The first kappa shape index (κ1) is 14.0. The summed E-state index contributed by atoms with van der Waals surface area (Å²) >= 11 is 3.73. The molecule has 1 aromatic carbocycles. The van der Waals surface area contributed by atoms with E-state index in [1.54, 1.807) is 12.4 Å². The van der Waals surface area contributed by atoms with Crippen LogP contribution in [0.5, 0.6) is 0 Å². The summed E-state index contributed by atoms with van der Waals surface area (Å²) in [6, 6.07) is 14.1. The normalized spacial score (nSPS) is 10.3. The molecule has 2 N–H and O–H groups in total. The number of benzene rings is 1. The van der Waals surface area contributed by atoms with Gasteiger partial charge in [-0.1, -0.05) is 24.3 Å². The van der Waals surface area contributed by atoms with Crippen LogP contribution in [0.1, 0.15) is 4.88 Å². The molecular weight excluding hydrogens is 393 g/mol. The first-order valence-electron chi connectivity index (χ1n) is 6.20. The number of hydrogen-bond acceptors (Lipinski definition) is 4. The molecule has 0 radical (unpaired) electrons. The van der Waals surface area contributed by atoms with Crippen molar-refractivity contribution in [2.45, 2.75) is 0 Å². The van der Waals surface area contributed by atoms with Crippen LogP contribution >= 0.6 is 33.9 Å². The second-order valence-corrected chi connectivity index (χ2v) is 6.57. The van der Waals surface area contributed by atoms with Gasteiger partial charge in [-0.3, -0.25) is 4.98 Å². The molecule has 2 heterocycles. The zero-order valence-corrected chi connectivity index (χ0v) is 13.9. The number of nitrogens with two attached hydrogens (primary N) is 1. The van der Waals surface area contributed by atoms with Crippen LogP contribution in [0.2, 0.25) is 0 Å². The molecule has 0 unspecified atom stereocenters. The van der Waals surface area contributed by atoms with E-state index in [-0.39, 0.29) is 0 Å². The summed E-state index contributed by atoms with van der Waals surface area (Å²) in [5, 5.41) is 9.28. The van der Waals surface area contributed by atoms with Gasteiger partial charge in [0.15, 0.2) is 0 Å². The third-order valence-electron chi connectivity index (χ3n) is 3.12. The van der Waals surface area contributed by atoms with Gasteiger partial charge >= 0.3 is 0 Å².